The van der Waals surface area contributed by atoms with Gasteiger partial charge in [0.05, 0.1) is 16.9 Å². The Morgan fingerprint density at radius 1 is 1.03 bits per heavy atom. The highest BCUT2D eigenvalue weighted by atomic mass is 35.5. The molecule has 1 aliphatic heterocycles. The van der Waals surface area contributed by atoms with Gasteiger partial charge in [-0.15, -0.1) is 0 Å². The molecule has 0 saturated heterocycles. The van der Waals surface area contributed by atoms with E-state index in [1.165, 1.54) is 0 Å². The van der Waals surface area contributed by atoms with Crippen LogP contribution in [0.4, 0.5) is 0 Å². The lowest BCUT2D eigenvalue weighted by atomic mass is 9.83. The molecule has 4 aromatic rings. The molecule has 1 aromatic heterocycles. The van der Waals surface area contributed by atoms with Crippen molar-refractivity contribution in [2.45, 2.75) is 12.5 Å². The summed E-state index contributed by atoms with van der Waals surface area (Å²) in [7, 11) is 0. The molecule has 162 valence electrons. The van der Waals surface area contributed by atoms with Crippen molar-refractivity contribution in [2.24, 2.45) is 5.73 Å². The average Bonchev–Trinajstić information content (AvgIpc) is 2.83. The third-order valence-corrected chi connectivity index (χ3v) is 5.76. The van der Waals surface area contributed by atoms with Gasteiger partial charge in [0.15, 0.2) is 5.75 Å². The number of rotatable bonds is 4. The first-order chi connectivity index (χ1) is 16.1. The standard InChI is InChI=1S/C26H17ClN2O4/c27-16-11-9-15(10-12-16)14-31-20-7-3-1-5-17(20)22-19(13-28)25(29)33-24-18-6-2-4-8-21(18)32-26(30)23(22)24/h1-12,22H,14,29H2/t22-/m0/s1. The maximum absolute atomic E-state index is 13.1. The summed E-state index contributed by atoms with van der Waals surface area (Å²) in [5.74, 6) is -0.0615. The van der Waals surface area contributed by atoms with Crippen LogP contribution in [0.15, 0.2) is 93.5 Å². The Bertz CT molecular complexity index is 1500. The van der Waals surface area contributed by atoms with Crippen LogP contribution in [0.1, 0.15) is 22.6 Å². The first-order valence-corrected chi connectivity index (χ1v) is 10.5. The summed E-state index contributed by atoms with van der Waals surface area (Å²) >= 11 is 5.97. The molecule has 0 fully saturated rings. The second-order valence-electron chi connectivity index (χ2n) is 7.51. The topological polar surface area (TPSA) is 98.5 Å². The van der Waals surface area contributed by atoms with Gasteiger partial charge >= 0.3 is 5.63 Å². The lowest BCUT2D eigenvalue weighted by Gasteiger charge is -2.27. The largest absolute Gasteiger partial charge is 0.489 e. The molecule has 0 bridgehead atoms. The van der Waals surface area contributed by atoms with Crippen molar-refractivity contribution in [2.75, 3.05) is 0 Å². The first kappa shape index (κ1) is 20.7. The number of nitriles is 1. The number of nitrogens with zero attached hydrogens (tertiary/aromatic N) is 1. The highest BCUT2D eigenvalue weighted by molar-refractivity contribution is 6.30. The first-order valence-electron chi connectivity index (χ1n) is 10.2. The van der Waals surface area contributed by atoms with Crippen LogP contribution in [0.2, 0.25) is 5.02 Å². The maximum Gasteiger partial charge on any atom is 0.344 e. The summed E-state index contributed by atoms with van der Waals surface area (Å²) in [4.78, 5) is 13.1. The number of allylic oxidation sites excluding steroid dienone is 1. The molecule has 33 heavy (non-hydrogen) atoms. The lowest BCUT2D eigenvalue weighted by molar-refractivity contribution is 0.301. The van der Waals surface area contributed by atoms with Crippen LogP contribution >= 0.6 is 11.6 Å². The Labute approximate surface area is 194 Å². The molecule has 0 amide bonds. The molecule has 0 aliphatic carbocycles. The molecule has 0 radical (unpaired) electrons. The molecule has 2 heterocycles. The molecule has 0 unspecified atom stereocenters. The number of fused-ring (bicyclic) bond motifs is 3. The van der Waals surface area contributed by atoms with Crippen molar-refractivity contribution in [3.63, 3.8) is 0 Å². The Morgan fingerprint density at radius 2 is 1.76 bits per heavy atom. The highest BCUT2D eigenvalue weighted by Gasteiger charge is 2.36. The van der Waals surface area contributed by atoms with Crippen molar-refractivity contribution in [1.29, 1.82) is 5.26 Å². The van der Waals surface area contributed by atoms with E-state index in [9.17, 15) is 10.1 Å². The minimum atomic E-state index is -0.805. The van der Waals surface area contributed by atoms with Gasteiger partial charge in [-0.1, -0.05) is 54.1 Å². The molecule has 3 aromatic carbocycles. The molecule has 5 rings (SSSR count). The van der Waals surface area contributed by atoms with Gasteiger partial charge in [-0.3, -0.25) is 0 Å². The molecular weight excluding hydrogens is 440 g/mol. The summed E-state index contributed by atoms with van der Waals surface area (Å²) < 4.78 is 17.4. The van der Waals surface area contributed by atoms with E-state index in [-0.39, 0.29) is 29.4 Å². The number of para-hydroxylation sites is 2. The molecule has 0 spiro atoms. The van der Waals surface area contributed by atoms with Gasteiger partial charge < -0.3 is 19.6 Å². The molecule has 7 heteroatoms. The van der Waals surface area contributed by atoms with Gasteiger partial charge in [0, 0.05) is 10.6 Å². The number of nitrogens with two attached hydrogens (primary N) is 1. The smallest absolute Gasteiger partial charge is 0.344 e. The predicted molar refractivity (Wildman–Crippen MR) is 124 cm³/mol. The Morgan fingerprint density at radius 3 is 2.55 bits per heavy atom. The monoisotopic (exact) mass is 456 g/mol. The van der Waals surface area contributed by atoms with Crippen molar-refractivity contribution in [1.82, 2.24) is 0 Å². The highest BCUT2D eigenvalue weighted by Crippen LogP contribution is 2.45. The zero-order chi connectivity index (χ0) is 22.9. The van der Waals surface area contributed by atoms with E-state index in [2.05, 4.69) is 6.07 Å². The maximum atomic E-state index is 13.1. The van der Waals surface area contributed by atoms with Gasteiger partial charge in [-0.05, 0) is 35.9 Å². The van der Waals surface area contributed by atoms with E-state index in [4.69, 9.17) is 31.2 Å². The quantitative estimate of drug-likeness (QED) is 0.421. The van der Waals surface area contributed by atoms with Crippen molar-refractivity contribution in [3.05, 3.63) is 116 Å². The second kappa shape index (κ2) is 8.38. The fourth-order valence-electron chi connectivity index (χ4n) is 3.97. The summed E-state index contributed by atoms with van der Waals surface area (Å²) in [6.45, 7) is 0.275. The zero-order valence-electron chi connectivity index (χ0n) is 17.2. The molecule has 2 N–H and O–H groups in total. The third kappa shape index (κ3) is 3.69. The fraction of sp³-hybridized carbons (Fsp3) is 0.0769. The van der Waals surface area contributed by atoms with Crippen LogP contribution in [0.5, 0.6) is 11.5 Å². The van der Waals surface area contributed by atoms with Gasteiger partial charge in [-0.2, -0.15) is 5.26 Å². The molecular formula is C26H17ClN2O4. The predicted octanol–water partition coefficient (Wildman–Crippen LogP) is 5.24. The Kier molecular flexibility index (Phi) is 5.25. The number of hydrogen-bond donors (Lipinski definition) is 1. The van der Waals surface area contributed by atoms with Crippen LogP contribution in [0, 0.1) is 11.3 Å². The van der Waals surface area contributed by atoms with E-state index in [0.717, 1.165) is 5.56 Å². The van der Waals surface area contributed by atoms with Crippen LogP contribution in [0.25, 0.3) is 11.0 Å². The van der Waals surface area contributed by atoms with Crippen molar-refractivity contribution >= 4 is 22.6 Å². The third-order valence-electron chi connectivity index (χ3n) is 5.51. The molecule has 1 aliphatic rings. The van der Waals surface area contributed by atoms with Crippen LogP contribution in [-0.4, -0.2) is 0 Å². The SMILES string of the molecule is N#CC1=C(N)Oc2c(c(=O)oc3ccccc23)[C@H]1c1ccccc1OCc1ccc(Cl)cc1. The fourth-order valence-corrected chi connectivity index (χ4v) is 4.10. The Balaban J connectivity index is 1.65. The van der Waals surface area contributed by atoms with Crippen LogP contribution < -0.4 is 20.8 Å². The van der Waals surface area contributed by atoms with Crippen LogP contribution in [0.3, 0.4) is 0 Å². The van der Waals surface area contributed by atoms with E-state index >= 15 is 0 Å². The minimum Gasteiger partial charge on any atom is -0.489 e. The second-order valence-corrected chi connectivity index (χ2v) is 7.94. The van der Waals surface area contributed by atoms with E-state index < -0.39 is 11.5 Å². The van der Waals surface area contributed by atoms with E-state index in [1.807, 2.05) is 30.3 Å². The average molecular weight is 457 g/mol. The van der Waals surface area contributed by atoms with Crippen molar-refractivity contribution < 1.29 is 13.9 Å². The number of benzene rings is 3. The summed E-state index contributed by atoms with van der Waals surface area (Å²) in [5.41, 5.74) is 7.79. The van der Waals surface area contributed by atoms with Gasteiger partial charge in [0.1, 0.15) is 29.6 Å². The number of hydrogen-bond acceptors (Lipinski definition) is 6. The molecule has 1 atom stereocenters. The summed E-state index contributed by atoms with van der Waals surface area (Å²) in [6, 6.07) is 23.7. The Hall–Kier alpha value is -4.21. The van der Waals surface area contributed by atoms with Crippen LogP contribution in [-0.2, 0) is 6.61 Å². The molecule has 0 saturated carbocycles. The van der Waals surface area contributed by atoms with Gasteiger partial charge in [0.2, 0.25) is 5.88 Å². The number of ether oxygens (including phenoxy) is 2. The van der Waals surface area contributed by atoms with Gasteiger partial charge in [0.25, 0.3) is 0 Å². The van der Waals surface area contributed by atoms with Crippen molar-refractivity contribution in [3.8, 4) is 17.6 Å². The van der Waals surface area contributed by atoms with Gasteiger partial charge in [-0.25, -0.2) is 4.79 Å². The lowest BCUT2D eigenvalue weighted by Crippen LogP contribution is -2.26. The normalized spacial score (nSPS) is 15.0. The number of halogens is 1. The minimum absolute atomic E-state index is 0.0572. The van der Waals surface area contributed by atoms with E-state index in [1.54, 1.807) is 42.5 Å². The zero-order valence-corrected chi connectivity index (χ0v) is 18.0. The van der Waals surface area contributed by atoms with E-state index in [0.29, 0.717) is 27.3 Å². The summed E-state index contributed by atoms with van der Waals surface area (Å²) in [6.07, 6.45) is 0. The summed E-state index contributed by atoms with van der Waals surface area (Å²) in [5, 5.41) is 11.1. The molecule has 6 nitrogen and oxygen atoms in total.